The Morgan fingerprint density at radius 3 is 2.29 bits per heavy atom. The smallest absolute Gasteiger partial charge is 0.322 e. The zero-order chi connectivity index (χ0) is 16.3. The van der Waals surface area contributed by atoms with E-state index in [1.807, 2.05) is 6.92 Å². The van der Waals surface area contributed by atoms with Gasteiger partial charge in [0.05, 0.1) is 25.0 Å². The van der Waals surface area contributed by atoms with E-state index in [2.05, 4.69) is 10.6 Å². The van der Waals surface area contributed by atoms with E-state index >= 15 is 0 Å². The maximum Gasteiger partial charge on any atom is 0.352 e. The molecule has 0 saturated carbocycles. The van der Waals surface area contributed by atoms with Gasteiger partial charge in [0.15, 0.2) is 0 Å². The van der Waals surface area contributed by atoms with Crippen molar-refractivity contribution in [2.45, 2.75) is 39.4 Å². The summed E-state index contributed by atoms with van der Waals surface area (Å²) in [6.07, 6.45) is 1.04. The van der Waals surface area contributed by atoms with Gasteiger partial charge in [-0.15, -0.1) is 16.5 Å². The highest BCUT2D eigenvalue weighted by Crippen LogP contribution is 2.53. The molecule has 0 aromatic carbocycles. The molecule has 0 aliphatic heterocycles. The number of nitrogens with one attached hydrogen (secondary N) is 1. The van der Waals surface area contributed by atoms with Crippen LogP contribution in [-0.4, -0.2) is 42.5 Å². The van der Waals surface area contributed by atoms with Crippen molar-refractivity contribution in [1.82, 2.24) is 10.3 Å². The third kappa shape index (κ3) is 6.74. The molecule has 0 saturated heterocycles. The van der Waals surface area contributed by atoms with Crippen LogP contribution in [-0.2, 0) is 13.6 Å². The maximum absolute atomic E-state index is 12.7. The van der Waals surface area contributed by atoms with E-state index in [0.717, 1.165) is 0 Å². The Balaban J connectivity index is 5.06. The lowest BCUT2D eigenvalue weighted by Gasteiger charge is -2.27. The van der Waals surface area contributed by atoms with Gasteiger partial charge in [0, 0.05) is 5.88 Å². The fraction of sp³-hybridized carbons (Fsp3) is 0.909. The number of rotatable bonds is 11. The molecule has 0 rings (SSSR count). The third-order valence-corrected chi connectivity index (χ3v) is 5.04. The molecule has 8 nitrogen and oxygen atoms in total. The first-order chi connectivity index (χ1) is 9.98. The minimum atomic E-state index is -3.50. The van der Waals surface area contributed by atoms with Crippen molar-refractivity contribution in [3.63, 3.8) is 0 Å². The SMILES string of the molecule is CCCC(NC(=O)N(CCCl)N=O)P(=O)(OCC)OCC. The lowest BCUT2D eigenvalue weighted by Crippen LogP contribution is -2.43. The topological polar surface area (TPSA) is 97.3 Å². The third-order valence-electron chi connectivity index (χ3n) is 2.48. The molecule has 1 atom stereocenters. The first-order valence-corrected chi connectivity index (χ1v) is 8.99. The molecule has 1 unspecified atom stereocenters. The summed E-state index contributed by atoms with van der Waals surface area (Å²) in [5.74, 6) is -0.777. The Morgan fingerprint density at radius 2 is 1.90 bits per heavy atom. The van der Waals surface area contributed by atoms with Crippen LogP contribution in [0.1, 0.15) is 33.6 Å². The van der Waals surface area contributed by atoms with Crippen molar-refractivity contribution in [3.05, 3.63) is 4.91 Å². The second kappa shape index (κ2) is 11.0. The number of amides is 2. The van der Waals surface area contributed by atoms with Gasteiger partial charge in [-0.2, -0.15) is 5.01 Å². The van der Waals surface area contributed by atoms with Gasteiger partial charge >= 0.3 is 13.6 Å². The number of hydrogen-bond acceptors (Lipinski definition) is 6. The second-order valence-corrected chi connectivity index (χ2v) is 6.62. The number of hydrogen-bond donors (Lipinski definition) is 1. The zero-order valence-corrected chi connectivity index (χ0v) is 14.2. The van der Waals surface area contributed by atoms with Gasteiger partial charge in [-0.1, -0.05) is 13.3 Å². The van der Waals surface area contributed by atoms with Crippen LogP contribution >= 0.6 is 19.2 Å². The minimum Gasteiger partial charge on any atom is -0.322 e. The lowest BCUT2D eigenvalue weighted by molar-refractivity contribution is 0.186. The summed E-state index contributed by atoms with van der Waals surface area (Å²) in [7, 11) is -3.50. The molecule has 0 aliphatic carbocycles. The molecule has 0 aromatic rings. The fourth-order valence-electron chi connectivity index (χ4n) is 1.64. The first kappa shape index (κ1) is 20.3. The number of nitroso groups, excluding NO2 is 1. The van der Waals surface area contributed by atoms with Crippen LogP contribution in [0.5, 0.6) is 0 Å². The quantitative estimate of drug-likeness (QED) is 0.268. The van der Waals surface area contributed by atoms with Crippen molar-refractivity contribution in [2.24, 2.45) is 5.29 Å². The summed E-state index contributed by atoms with van der Waals surface area (Å²) in [6.45, 7) is 5.57. The van der Waals surface area contributed by atoms with Crippen LogP contribution in [0.25, 0.3) is 0 Å². The van der Waals surface area contributed by atoms with E-state index in [1.165, 1.54) is 0 Å². The molecular weight excluding hydrogens is 321 g/mol. The zero-order valence-electron chi connectivity index (χ0n) is 12.6. The number of alkyl halides is 1. The fourth-order valence-corrected chi connectivity index (χ4v) is 3.79. The summed E-state index contributed by atoms with van der Waals surface area (Å²) in [5.41, 5.74) is 0. The van der Waals surface area contributed by atoms with Crippen LogP contribution < -0.4 is 5.32 Å². The van der Waals surface area contributed by atoms with Crippen LogP contribution in [0.2, 0.25) is 0 Å². The van der Waals surface area contributed by atoms with Gasteiger partial charge in [0.1, 0.15) is 5.78 Å². The summed E-state index contributed by atoms with van der Waals surface area (Å²) in [6, 6.07) is -0.774. The lowest BCUT2D eigenvalue weighted by atomic mass is 10.3. The van der Waals surface area contributed by atoms with E-state index in [0.29, 0.717) is 17.9 Å². The van der Waals surface area contributed by atoms with Gasteiger partial charge in [0.25, 0.3) is 0 Å². The highest BCUT2D eigenvalue weighted by atomic mass is 35.5. The van der Waals surface area contributed by atoms with Crippen LogP contribution in [0.15, 0.2) is 5.29 Å². The van der Waals surface area contributed by atoms with Crippen LogP contribution in [0.3, 0.4) is 0 Å². The van der Waals surface area contributed by atoms with Gasteiger partial charge < -0.3 is 14.4 Å². The summed E-state index contributed by atoms with van der Waals surface area (Å²) in [5, 5.41) is 5.70. The largest absolute Gasteiger partial charge is 0.352 e. The summed E-state index contributed by atoms with van der Waals surface area (Å²) >= 11 is 5.48. The Bertz CT molecular complexity index is 362. The van der Waals surface area contributed by atoms with Crippen molar-refractivity contribution in [2.75, 3.05) is 25.6 Å². The van der Waals surface area contributed by atoms with Crippen LogP contribution in [0.4, 0.5) is 4.79 Å². The molecule has 21 heavy (non-hydrogen) atoms. The van der Waals surface area contributed by atoms with E-state index in [1.54, 1.807) is 13.8 Å². The Hall–Kier alpha value is -0.690. The van der Waals surface area contributed by atoms with Crippen molar-refractivity contribution >= 4 is 25.2 Å². The molecule has 0 aromatic heterocycles. The number of nitrogens with zero attached hydrogens (tertiary/aromatic N) is 2. The van der Waals surface area contributed by atoms with Crippen molar-refractivity contribution in [1.29, 1.82) is 0 Å². The van der Waals surface area contributed by atoms with Crippen molar-refractivity contribution < 1.29 is 18.4 Å². The molecular formula is C11H23ClN3O5P. The number of halogens is 1. The average molecular weight is 344 g/mol. The minimum absolute atomic E-state index is 0.0384. The molecule has 0 heterocycles. The van der Waals surface area contributed by atoms with Gasteiger partial charge in [0.2, 0.25) is 0 Å². The predicted molar refractivity (Wildman–Crippen MR) is 81.3 cm³/mol. The first-order valence-electron chi connectivity index (χ1n) is 6.85. The molecule has 10 heteroatoms. The molecule has 1 N–H and O–H groups in total. The highest BCUT2D eigenvalue weighted by Gasteiger charge is 2.37. The Labute approximate surface area is 130 Å². The summed E-state index contributed by atoms with van der Waals surface area (Å²) in [4.78, 5) is 22.5. The van der Waals surface area contributed by atoms with Gasteiger partial charge in [-0.25, -0.2) is 4.79 Å². The molecule has 2 amide bonds. The number of carbonyl (C=O) groups is 1. The second-order valence-electron chi connectivity index (χ2n) is 4.02. The van der Waals surface area contributed by atoms with E-state index in [4.69, 9.17) is 20.6 Å². The molecule has 0 spiro atoms. The van der Waals surface area contributed by atoms with E-state index < -0.39 is 19.4 Å². The normalized spacial score (nSPS) is 12.8. The number of carbonyl (C=O) groups excluding carboxylic acids is 1. The van der Waals surface area contributed by atoms with Crippen molar-refractivity contribution in [3.8, 4) is 0 Å². The predicted octanol–water partition coefficient (Wildman–Crippen LogP) is 3.31. The Morgan fingerprint density at radius 1 is 1.33 bits per heavy atom. The highest BCUT2D eigenvalue weighted by molar-refractivity contribution is 7.54. The molecule has 0 fully saturated rings. The molecule has 0 radical (unpaired) electrons. The van der Waals surface area contributed by atoms with E-state index in [-0.39, 0.29) is 25.6 Å². The van der Waals surface area contributed by atoms with Gasteiger partial charge in [-0.05, 0) is 20.3 Å². The summed E-state index contributed by atoms with van der Waals surface area (Å²) < 4.78 is 23.1. The Kier molecular flexibility index (Phi) is 10.6. The molecule has 0 aliphatic rings. The molecule has 0 bridgehead atoms. The standard InChI is InChI=1S/C11H23ClN3O5P/c1-4-7-10(21(18,19-5-2)20-6-3)13-11(16)15(14-17)9-8-12/h10H,4-9H2,1-3H3,(H,13,16). The molecule has 124 valence electrons. The average Bonchev–Trinajstić information content (AvgIpc) is 2.44. The monoisotopic (exact) mass is 343 g/mol. The number of urea groups is 1. The van der Waals surface area contributed by atoms with Gasteiger partial charge in [-0.3, -0.25) is 4.57 Å². The van der Waals surface area contributed by atoms with E-state index in [9.17, 15) is 14.3 Å². The van der Waals surface area contributed by atoms with Crippen LogP contribution in [0, 0.1) is 4.91 Å². The maximum atomic E-state index is 12.7.